The maximum absolute atomic E-state index is 13.7. The van der Waals surface area contributed by atoms with Crippen LogP contribution in [0.2, 0.25) is 0 Å². The van der Waals surface area contributed by atoms with Gasteiger partial charge in [-0.05, 0) is 73.2 Å². The van der Waals surface area contributed by atoms with E-state index in [9.17, 15) is 31.1 Å². The molecule has 1 fully saturated rings. The minimum Gasteiger partial charge on any atom is -0.344 e. The molecule has 0 bridgehead atoms. The Kier molecular flexibility index (Phi) is 8.69. The molecular formula is C30H30F6N2O. The molecule has 0 aromatic heterocycles. The first-order valence-electron chi connectivity index (χ1n) is 12.8. The summed E-state index contributed by atoms with van der Waals surface area (Å²) in [5.74, 6) is 0.137. The zero-order valence-corrected chi connectivity index (χ0v) is 21.5. The van der Waals surface area contributed by atoms with Crippen LogP contribution in [0.25, 0.3) is 0 Å². The van der Waals surface area contributed by atoms with Crippen LogP contribution in [-0.2, 0) is 23.6 Å². The number of nitrogens with zero attached hydrogens (tertiary/aromatic N) is 2. The maximum atomic E-state index is 13.7. The summed E-state index contributed by atoms with van der Waals surface area (Å²) in [5, 5.41) is 0. The molecule has 1 atom stereocenters. The van der Waals surface area contributed by atoms with Gasteiger partial charge in [-0.2, -0.15) is 26.3 Å². The first-order chi connectivity index (χ1) is 18.4. The zero-order chi connectivity index (χ0) is 28.2. The average Bonchev–Trinajstić information content (AvgIpc) is 2.92. The number of hydrogen-bond acceptors (Lipinski definition) is 2. The van der Waals surface area contributed by atoms with Crippen molar-refractivity contribution in [2.75, 3.05) is 26.7 Å². The second kappa shape index (κ2) is 11.8. The number of halogens is 6. The number of alkyl halides is 6. The number of carbonyl (C=O) groups is 1. The van der Waals surface area contributed by atoms with Gasteiger partial charge in [-0.3, -0.25) is 9.69 Å². The van der Waals surface area contributed by atoms with E-state index < -0.39 is 29.5 Å². The van der Waals surface area contributed by atoms with Crippen LogP contribution in [-0.4, -0.2) is 42.4 Å². The molecule has 0 saturated carbocycles. The van der Waals surface area contributed by atoms with Crippen molar-refractivity contribution < 1.29 is 31.1 Å². The molecule has 9 heteroatoms. The number of likely N-dealkylation sites (N-methyl/N-ethyl adjacent to an activating group) is 1. The Labute approximate surface area is 224 Å². The summed E-state index contributed by atoms with van der Waals surface area (Å²) in [7, 11) is 1.53. The lowest BCUT2D eigenvalue weighted by Crippen LogP contribution is -2.45. The highest BCUT2D eigenvalue weighted by Crippen LogP contribution is 2.37. The van der Waals surface area contributed by atoms with Crippen molar-refractivity contribution in [1.29, 1.82) is 0 Å². The van der Waals surface area contributed by atoms with Crippen LogP contribution in [0.15, 0.2) is 78.9 Å². The average molecular weight is 549 g/mol. The van der Waals surface area contributed by atoms with Crippen molar-refractivity contribution in [1.82, 2.24) is 9.80 Å². The van der Waals surface area contributed by atoms with E-state index >= 15 is 0 Å². The Morgan fingerprint density at radius 2 is 1.36 bits per heavy atom. The molecule has 1 aliphatic rings. The molecule has 1 aliphatic heterocycles. The fourth-order valence-corrected chi connectivity index (χ4v) is 5.14. The molecule has 0 radical (unpaired) electrons. The number of piperidine rings is 1. The summed E-state index contributed by atoms with van der Waals surface area (Å²) in [6, 6.07) is 20.4. The standard InChI is InChI=1S/C30H30F6N2O/c1-37(15-12-21-18-25(29(31,32)33)20-26(19-21)30(34,35)36)28(39)27(24-10-6-3-7-11-24)38-16-13-23(14-17-38)22-8-4-2-5-9-22/h2-11,18-20,23,27H,12-17H2,1H3. The summed E-state index contributed by atoms with van der Waals surface area (Å²) in [6.45, 7) is 1.34. The topological polar surface area (TPSA) is 23.6 Å². The van der Waals surface area contributed by atoms with Crippen molar-refractivity contribution in [2.45, 2.75) is 43.6 Å². The quantitative estimate of drug-likeness (QED) is 0.289. The molecule has 1 amide bonds. The van der Waals surface area contributed by atoms with Crippen molar-refractivity contribution in [3.8, 4) is 0 Å². The highest BCUT2D eigenvalue weighted by Gasteiger charge is 2.37. The van der Waals surface area contributed by atoms with Gasteiger partial charge in [0.2, 0.25) is 5.91 Å². The predicted octanol–water partition coefficient (Wildman–Crippen LogP) is 7.35. The Balaban J connectivity index is 1.50. The molecule has 1 unspecified atom stereocenters. The zero-order valence-electron chi connectivity index (χ0n) is 21.5. The monoisotopic (exact) mass is 548 g/mol. The molecule has 4 rings (SSSR count). The first-order valence-corrected chi connectivity index (χ1v) is 12.8. The lowest BCUT2D eigenvalue weighted by Gasteiger charge is -2.38. The number of hydrogen-bond donors (Lipinski definition) is 0. The van der Waals surface area contributed by atoms with E-state index in [2.05, 4.69) is 17.0 Å². The molecule has 1 saturated heterocycles. The van der Waals surface area contributed by atoms with Crippen LogP contribution in [0.5, 0.6) is 0 Å². The van der Waals surface area contributed by atoms with E-state index in [1.54, 1.807) is 0 Å². The normalized spacial score (nSPS) is 16.2. The van der Waals surface area contributed by atoms with Gasteiger partial charge in [0.1, 0.15) is 6.04 Å². The van der Waals surface area contributed by atoms with E-state index in [4.69, 9.17) is 0 Å². The predicted molar refractivity (Wildman–Crippen MR) is 137 cm³/mol. The third-order valence-corrected chi connectivity index (χ3v) is 7.27. The van der Waals surface area contributed by atoms with E-state index in [0.717, 1.165) is 30.5 Å². The fraction of sp³-hybridized carbons (Fsp3) is 0.367. The van der Waals surface area contributed by atoms with Gasteiger partial charge in [-0.15, -0.1) is 0 Å². The Hall–Kier alpha value is -3.33. The number of rotatable bonds is 7. The van der Waals surface area contributed by atoms with Gasteiger partial charge in [-0.25, -0.2) is 0 Å². The molecule has 0 N–H and O–H groups in total. The summed E-state index contributed by atoms with van der Waals surface area (Å²) >= 11 is 0. The second-order valence-corrected chi connectivity index (χ2v) is 9.96. The summed E-state index contributed by atoms with van der Waals surface area (Å²) < 4.78 is 79.6. The Morgan fingerprint density at radius 1 is 0.846 bits per heavy atom. The minimum atomic E-state index is -4.91. The van der Waals surface area contributed by atoms with Crippen molar-refractivity contribution in [3.63, 3.8) is 0 Å². The highest BCUT2D eigenvalue weighted by atomic mass is 19.4. The summed E-state index contributed by atoms with van der Waals surface area (Å²) in [4.78, 5) is 17.2. The van der Waals surface area contributed by atoms with Gasteiger partial charge in [0, 0.05) is 13.6 Å². The molecule has 208 valence electrons. The van der Waals surface area contributed by atoms with Gasteiger partial charge < -0.3 is 4.90 Å². The molecule has 3 aromatic carbocycles. The molecule has 39 heavy (non-hydrogen) atoms. The van der Waals surface area contributed by atoms with Crippen LogP contribution in [0.4, 0.5) is 26.3 Å². The third kappa shape index (κ3) is 7.20. The molecular weight excluding hydrogens is 518 g/mol. The van der Waals surface area contributed by atoms with Crippen molar-refractivity contribution in [2.24, 2.45) is 0 Å². The molecule has 1 heterocycles. The summed E-state index contributed by atoms with van der Waals surface area (Å²) in [6.07, 6.45) is -8.24. The van der Waals surface area contributed by atoms with E-state index in [-0.39, 0.29) is 30.5 Å². The Bertz CT molecular complexity index is 1200. The highest BCUT2D eigenvalue weighted by molar-refractivity contribution is 5.83. The van der Waals surface area contributed by atoms with Gasteiger partial charge in [0.05, 0.1) is 11.1 Å². The number of benzene rings is 3. The van der Waals surface area contributed by atoms with Crippen LogP contribution in [0, 0.1) is 0 Å². The van der Waals surface area contributed by atoms with Crippen LogP contribution in [0.1, 0.15) is 52.6 Å². The molecule has 3 nitrogen and oxygen atoms in total. The fourth-order valence-electron chi connectivity index (χ4n) is 5.14. The molecule has 0 spiro atoms. The van der Waals surface area contributed by atoms with Gasteiger partial charge in [0.25, 0.3) is 0 Å². The largest absolute Gasteiger partial charge is 0.416 e. The van der Waals surface area contributed by atoms with Crippen LogP contribution < -0.4 is 0 Å². The second-order valence-electron chi connectivity index (χ2n) is 9.96. The lowest BCUT2D eigenvalue weighted by atomic mass is 9.88. The number of carbonyl (C=O) groups excluding carboxylic acids is 1. The number of amides is 1. The third-order valence-electron chi connectivity index (χ3n) is 7.27. The number of likely N-dealkylation sites (tertiary alicyclic amines) is 1. The van der Waals surface area contributed by atoms with E-state index in [1.165, 1.54) is 17.5 Å². The van der Waals surface area contributed by atoms with Crippen molar-refractivity contribution >= 4 is 5.91 Å². The van der Waals surface area contributed by atoms with E-state index in [0.29, 0.717) is 19.0 Å². The smallest absolute Gasteiger partial charge is 0.344 e. The molecule has 3 aromatic rings. The SMILES string of the molecule is CN(CCc1cc(C(F)(F)F)cc(C(F)(F)F)c1)C(=O)C(c1ccccc1)N1CCC(c2ccccc2)CC1. The maximum Gasteiger partial charge on any atom is 0.416 e. The van der Waals surface area contributed by atoms with Gasteiger partial charge in [0.15, 0.2) is 0 Å². The molecule has 0 aliphatic carbocycles. The minimum absolute atomic E-state index is 0.0265. The van der Waals surface area contributed by atoms with Crippen LogP contribution >= 0.6 is 0 Å². The first kappa shape index (κ1) is 28.7. The van der Waals surface area contributed by atoms with Crippen molar-refractivity contribution in [3.05, 3.63) is 107 Å². The van der Waals surface area contributed by atoms with Gasteiger partial charge in [-0.1, -0.05) is 60.7 Å². The van der Waals surface area contributed by atoms with Gasteiger partial charge >= 0.3 is 12.4 Å². The lowest BCUT2D eigenvalue weighted by molar-refractivity contribution is -0.143. The van der Waals surface area contributed by atoms with E-state index in [1.807, 2.05) is 48.5 Å². The summed E-state index contributed by atoms with van der Waals surface area (Å²) in [5.41, 5.74) is -0.784. The van der Waals surface area contributed by atoms with Crippen LogP contribution in [0.3, 0.4) is 0 Å². The Morgan fingerprint density at radius 3 is 1.87 bits per heavy atom.